The molecular weight excluding hydrogens is 228 g/mol. The Bertz CT molecular complexity index is 411. The van der Waals surface area contributed by atoms with Crippen LogP contribution in [0.15, 0.2) is 28.9 Å². The molecular formula is C14H20N2O2. The minimum absolute atomic E-state index is 0.0389. The molecule has 0 spiro atoms. The van der Waals surface area contributed by atoms with E-state index in [4.69, 9.17) is 10.2 Å². The Labute approximate surface area is 107 Å². The second-order valence-corrected chi connectivity index (χ2v) is 4.87. The number of piperidine rings is 1. The highest BCUT2D eigenvalue weighted by molar-refractivity contribution is 5.91. The van der Waals surface area contributed by atoms with E-state index in [0.29, 0.717) is 24.3 Å². The van der Waals surface area contributed by atoms with Crippen molar-refractivity contribution in [3.05, 3.63) is 30.2 Å². The number of nitrogens with zero attached hydrogens (tertiary/aromatic N) is 1. The fourth-order valence-electron chi connectivity index (χ4n) is 2.32. The molecule has 1 aromatic heterocycles. The summed E-state index contributed by atoms with van der Waals surface area (Å²) >= 11 is 0. The maximum absolute atomic E-state index is 12.1. The predicted molar refractivity (Wildman–Crippen MR) is 70.7 cm³/mol. The maximum atomic E-state index is 12.1. The lowest BCUT2D eigenvalue weighted by Crippen LogP contribution is -2.46. The van der Waals surface area contributed by atoms with Crippen molar-refractivity contribution in [2.45, 2.75) is 25.8 Å². The molecule has 2 heterocycles. The number of carbonyl (C=O) groups is 1. The minimum Gasteiger partial charge on any atom is -0.465 e. The quantitative estimate of drug-likeness (QED) is 0.831. The van der Waals surface area contributed by atoms with Crippen LogP contribution in [-0.2, 0) is 4.79 Å². The zero-order valence-electron chi connectivity index (χ0n) is 10.7. The van der Waals surface area contributed by atoms with Gasteiger partial charge in [0.2, 0.25) is 5.91 Å². The summed E-state index contributed by atoms with van der Waals surface area (Å²) in [6, 6.07) is 3.92. The molecule has 1 saturated heterocycles. The van der Waals surface area contributed by atoms with Crippen LogP contribution in [0.2, 0.25) is 0 Å². The zero-order chi connectivity index (χ0) is 13.0. The van der Waals surface area contributed by atoms with Crippen molar-refractivity contribution in [3.8, 4) is 0 Å². The van der Waals surface area contributed by atoms with E-state index in [9.17, 15) is 4.79 Å². The molecule has 0 aromatic carbocycles. The number of furan rings is 1. The fourth-order valence-corrected chi connectivity index (χ4v) is 2.32. The third kappa shape index (κ3) is 3.01. The molecule has 2 rings (SSSR count). The van der Waals surface area contributed by atoms with E-state index in [1.807, 2.05) is 11.0 Å². The summed E-state index contributed by atoms with van der Waals surface area (Å²) in [5.74, 6) is 1.17. The number of carbonyl (C=O) groups excluding carboxylic acids is 1. The van der Waals surface area contributed by atoms with Gasteiger partial charge in [0.1, 0.15) is 5.76 Å². The Morgan fingerprint density at radius 1 is 1.61 bits per heavy atom. The number of likely N-dealkylation sites (tertiary alicyclic amines) is 1. The van der Waals surface area contributed by atoms with Crippen LogP contribution in [0, 0.1) is 5.92 Å². The summed E-state index contributed by atoms with van der Waals surface area (Å²) in [6.45, 7) is 3.50. The van der Waals surface area contributed by atoms with E-state index in [1.165, 1.54) is 0 Å². The van der Waals surface area contributed by atoms with Crippen molar-refractivity contribution in [3.63, 3.8) is 0 Å². The van der Waals surface area contributed by atoms with Crippen LogP contribution < -0.4 is 5.73 Å². The summed E-state index contributed by atoms with van der Waals surface area (Å²) < 4.78 is 5.16. The van der Waals surface area contributed by atoms with Gasteiger partial charge < -0.3 is 15.1 Å². The van der Waals surface area contributed by atoms with E-state index in [-0.39, 0.29) is 5.91 Å². The molecule has 1 amide bonds. The van der Waals surface area contributed by atoms with Gasteiger partial charge in [0.15, 0.2) is 0 Å². The first-order valence-corrected chi connectivity index (χ1v) is 6.43. The molecule has 0 saturated carbocycles. The van der Waals surface area contributed by atoms with Crippen molar-refractivity contribution in [2.75, 3.05) is 13.1 Å². The van der Waals surface area contributed by atoms with Gasteiger partial charge in [0.05, 0.1) is 6.26 Å². The first-order valence-electron chi connectivity index (χ1n) is 6.43. The first-order chi connectivity index (χ1) is 8.70. The SMILES string of the molecule is CC1CCC(CN)CN1C(=O)C=Cc1ccco1. The monoisotopic (exact) mass is 248 g/mol. The molecule has 98 valence electrons. The smallest absolute Gasteiger partial charge is 0.246 e. The van der Waals surface area contributed by atoms with Crippen molar-refractivity contribution in [1.29, 1.82) is 0 Å². The molecule has 2 unspecified atom stereocenters. The van der Waals surface area contributed by atoms with Gasteiger partial charge in [-0.15, -0.1) is 0 Å². The lowest BCUT2D eigenvalue weighted by molar-refractivity contribution is -0.130. The summed E-state index contributed by atoms with van der Waals surface area (Å²) in [7, 11) is 0. The van der Waals surface area contributed by atoms with E-state index >= 15 is 0 Å². The molecule has 1 aliphatic rings. The lowest BCUT2D eigenvalue weighted by atomic mass is 9.93. The van der Waals surface area contributed by atoms with Crippen molar-refractivity contribution in [1.82, 2.24) is 4.90 Å². The van der Waals surface area contributed by atoms with Crippen LogP contribution in [0.4, 0.5) is 0 Å². The first kappa shape index (κ1) is 12.9. The van der Waals surface area contributed by atoms with Gasteiger partial charge in [0.25, 0.3) is 0 Å². The fraction of sp³-hybridized carbons (Fsp3) is 0.500. The van der Waals surface area contributed by atoms with Crippen molar-refractivity contribution >= 4 is 12.0 Å². The third-order valence-corrected chi connectivity index (χ3v) is 3.53. The molecule has 18 heavy (non-hydrogen) atoms. The topological polar surface area (TPSA) is 59.5 Å². The third-order valence-electron chi connectivity index (χ3n) is 3.53. The Morgan fingerprint density at radius 2 is 2.44 bits per heavy atom. The Morgan fingerprint density at radius 3 is 3.11 bits per heavy atom. The molecule has 2 atom stereocenters. The van der Waals surface area contributed by atoms with Gasteiger partial charge in [-0.2, -0.15) is 0 Å². The predicted octanol–water partition coefficient (Wildman–Crippen LogP) is 1.88. The van der Waals surface area contributed by atoms with Crippen LogP contribution in [0.1, 0.15) is 25.5 Å². The minimum atomic E-state index is 0.0389. The molecule has 4 heteroatoms. The zero-order valence-corrected chi connectivity index (χ0v) is 10.7. The van der Waals surface area contributed by atoms with Crippen LogP contribution in [-0.4, -0.2) is 29.9 Å². The molecule has 0 aliphatic carbocycles. The van der Waals surface area contributed by atoms with E-state index in [1.54, 1.807) is 24.5 Å². The van der Waals surface area contributed by atoms with Gasteiger partial charge in [-0.3, -0.25) is 4.79 Å². The molecule has 1 fully saturated rings. The molecule has 1 aromatic rings. The number of hydrogen-bond acceptors (Lipinski definition) is 3. The van der Waals surface area contributed by atoms with Gasteiger partial charge in [0, 0.05) is 18.7 Å². The average Bonchev–Trinajstić information content (AvgIpc) is 2.89. The summed E-state index contributed by atoms with van der Waals surface area (Å²) in [5, 5.41) is 0. The molecule has 0 bridgehead atoms. The highest BCUT2D eigenvalue weighted by atomic mass is 16.3. The number of nitrogens with two attached hydrogens (primary N) is 1. The number of rotatable bonds is 3. The number of amides is 1. The van der Waals surface area contributed by atoms with E-state index < -0.39 is 0 Å². The average molecular weight is 248 g/mol. The van der Waals surface area contributed by atoms with Gasteiger partial charge in [-0.25, -0.2) is 0 Å². The molecule has 0 radical (unpaired) electrons. The van der Waals surface area contributed by atoms with Gasteiger partial charge in [-0.1, -0.05) is 0 Å². The summed E-state index contributed by atoms with van der Waals surface area (Å²) in [6.07, 6.45) is 7.03. The maximum Gasteiger partial charge on any atom is 0.246 e. The van der Waals surface area contributed by atoms with Crippen molar-refractivity contribution < 1.29 is 9.21 Å². The molecule has 1 aliphatic heterocycles. The summed E-state index contributed by atoms with van der Waals surface area (Å²) in [4.78, 5) is 14.0. The second-order valence-electron chi connectivity index (χ2n) is 4.87. The van der Waals surface area contributed by atoms with Gasteiger partial charge in [-0.05, 0) is 50.4 Å². The Hall–Kier alpha value is -1.55. The normalized spacial score (nSPS) is 24.7. The Kier molecular flexibility index (Phi) is 4.20. The van der Waals surface area contributed by atoms with E-state index in [2.05, 4.69) is 6.92 Å². The summed E-state index contributed by atoms with van der Waals surface area (Å²) in [5.41, 5.74) is 5.69. The van der Waals surface area contributed by atoms with Gasteiger partial charge >= 0.3 is 0 Å². The second kappa shape index (κ2) is 5.87. The molecule has 2 N–H and O–H groups in total. The Balaban J connectivity index is 1.98. The van der Waals surface area contributed by atoms with Crippen LogP contribution in [0.3, 0.4) is 0 Å². The highest BCUT2D eigenvalue weighted by Crippen LogP contribution is 2.21. The van der Waals surface area contributed by atoms with E-state index in [0.717, 1.165) is 19.4 Å². The van der Waals surface area contributed by atoms with Crippen LogP contribution in [0.5, 0.6) is 0 Å². The van der Waals surface area contributed by atoms with Crippen molar-refractivity contribution in [2.24, 2.45) is 11.7 Å². The standard InChI is InChI=1S/C14H20N2O2/c1-11-4-5-12(9-15)10-16(11)14(17)7-6-13-3-2-8-18-13/h2-3,6-8,11-12H,4-5,9-10,15H2,1H3. The molecule has 4 nitrogen and oxygen atoms in total. The lowest BCUT2D eigenvalue weighted by Gasteiger charge is -2.37. The van der Waals surface area contributed by atoms with Crippen LogP contribution in [0.25, 0.3) is 6.08 Å². The number of hydrogen-bond donors (Lipinski definition) is 1. The highest BCUT2D eigenvalue weighted by Gasteiger charge is 2.26. The largest absolute Gasteiger partial charge is 0.465 e. The van der Waals surface area contributed by atoms with Crippen LogP contribution >= 0.6 is 0 Å².